The number of ether oxygens (including phenoxy) is 1. The molecule has 0 bridgehead atoms. The number of carboxylic acid groups (broad SMARTS) is 1. The summed E-state index contributed by atoms with van der Waals surface area (Å²) in [6.45, 7) is 0.774. The van der Waals surface area contributed by atoms with E-state index in [1.165, 1.54) is 11.0 Å². The molecule has 1 aromatic carbocycles. The van der Waals surface area contributed by atoms with E-state index in [4.69, 9.17) is 9.84 Å². The Balaban J connectivity index is 2.00. The van der Waals surface area contributed by atoms with Gasteiger partial charge >= 0.3 is 5.97 Å². The van der Waals surface area contributed by atoms with Gasteiger partial charge in [-0.15, -0.1) is 0 Å². The topological polar surface area (TPSA) is 66.8 Å². The molecule has 1 saturated heterocycles. The number of carbonyl (C=O) groups is 2. The molecule has 1 aromatic rings. The lowest BCUT2D eigenvalue weighted by Gasteiger charge is -2.20. The molecule has 0 saturated carbocycles. The van der Waals surface area contributed by atoms with Gasteiger partial charge in [-0.3, -0.25) is 4.79 Å². The molecule has 5 heteroatoms. The highest BCUT2D eigenvalue weighted by atomic mass is 16.5. The quantitative estimate of drug-likeness (QED) is 0.896. The second-order valence-corrected chi connectivity index (χ2v) is 4.95. The lowest BCUT2D eigenvalue weighted by molar-refractivity contribution is -0.118. The van der Waals surface area contributed by atoms with Crippen molar-refractivity contribution < 1.29 is 19.4 Å². The van der Waals surface area contributed by atoms with Crippen molar-refractivity contribution in [1.29, 1.82) is 0 Å². The van der Waals surface area contributed by atoms with Crippen molar-refractivity contribution >= 4 is 17.6 Å². The Labute approximate surface area is 118 Å². The number of para-hydroxylation sites is 1. The lowest BCUT2D eigenvalue weighted by atomic mass is 10.1. The normalized spacial score (nSPS) is 17.9. The number of rotatable bonds is 5. The summed E-state index contributed by atoms with van der Waals surface area (Å²) in [5.74, 6) is -1.12. The number of carbonyl (C=O) groups excluding carboxylic acids is 1. The van der Waals surface area contributed by atoms with E-state index >= 15 is 0 Å². The van der Waals surface area contributed by atoms with Crippen LogP contribution in [0.1, 0.15) is 36.0 Å². The molecule has 1 aliphatic rings. The number of hydrogen-bond acceptors (Lipinski definition) is 3. The Morgan fingerprint density at radius 2 is 2.15 bits per heavy atom. The molecule has 1 fully saturated rings. The van der Waals surface area contributed by atoms with Crippen molar-refractivity contribution in [3.8, 4) is 0 Å². The summed E-state index contributed by atoms with van der Waals surface area (Å²) in [5, 5.41) is 9.14. The van der Waals surface area contributed by atoms with E-state index in [0.29, 0.717) is 18.5 Å². The Morgan fingerprint density at radius 3 is 2.80 bits per heavy atom. The van der Waals surface area contributed by atoms with E-state index in [-0.39, 0.29) is 17.6 Å². The minimum absolute atomic E-state index is 0.0887. The molecule has 20 heavy (non-hydrogen) atoms. The molecular weight excluding hydrogens is 258 g/mol. The van der Waals surface area contributed by atoms with Crippen molar-refractivity contribution in [3.05, 3.63) is 29.8 Å². The van der Waals surface area contributed by atoms with Gasteiger partial charge in [0, 0.05) is 20.1 Å². The highest BCUT2D eigenvalue weighted by Crippen LogP contribution is 2.22. The number of aromatic carboxylic acids is 1. The molecule has 1 amide bonds. The largest absolute Gasteiger partial charge is 0.478 e. The van der Waals surface area contributed by atoms with Crippen LogP contribution in [-0.2, 0) is 9.53 Å². The summed E-state index contributed by atoms with van der Waals surface area (Å²) in [6, 6.07) is 6.53. The van der Waals surface area contributed by atoms with Crippen LogP contribution in [0.3, 0.4) is 0 Å². The minimum Gasteiger partial charge on any atom is -0.478 e. The number of nitrogens with zero attached hydrogens (tertiary/aromatic N) is 1. The zero-order valence-corrected chi connectivity index (χ0v) is 11.5. The van der Waals surface area contributed by atoms with Crippen LogP contribution in [0.15, 0.2) is 24.3 Å². The van der Waals surface area contributed by atoms with Crippen molar-refractivity contribution in [2.75, 3.05) is 18.6 Å². The van der Waals surface area contributed by atoms with Gasteiger partial charge in [0.25, 0.3) is 0 Å². The maximum Gasteiger partial charge on any atom is 0.337 e. The first-order chi connectivity index (χ1) is 9.59. The summed E-state index contributed by atoms with van der Waals surface area (Å²) < 4.78 is 5.49. The van der Waals surface area contributed by atoms with E-state index in [1.807, 2.05) is 0 Å². The predicted molar refractivity (Wildman–Crippen MR) is 75.0 cm³/mol. The zero-order chi connectivity index (χ0) is 14.5. The molecule has 0 aliphatic carbocycles. The number of carboxylic acids is 1. The van der Waals surface area contributed by atoms with Crippen molar-refractivity contribution in [2.45, 2.75) is 31.8 Å². The second-order valence-electron chi connectivity index (χ2n) is 4.95. The summed E-state index contributed by atoms with van der Waals surface area (Å²) in [6.07, 6.45) is 3.29. The molecule has 0 spiro atoms. The van der Waals surface area contributed by atoms with E-state index in [1.54, 1.807) is 25.2 Å². The summed E-state index contributed by atoms with van der Waals surface area (Å²) in [5.41, 5.74) is 0.567. The number of amides is 1. The van der Waals surface area contributed by atoms with Crippen molar-refractivity contribution in [2.24, 2.45) is 0 Å². The fourth-order valence-electron chi connectivity index (χ4n) is 2.41. The maximum atomic E-state index is 12.2. The van der Waals surface area contributed by atoms with Crippen LogP contribution in [-0.4, -0.2) is 36.7 Å². The summed E-state index contributed by atoms with van der Waals surface area (Å²) >= 11 is 0. The molecule has 108 valence electrons. The predicted octanol–water partition coefficient (Wildman–Crippen LogP) is 2.31. The average Bonchev–Trinajstić information content (AvgIpc) is 2.97. The fraction of sp³-hybridized carbons (Fsp3) is 0.467. The van der Waals surface area contributed by atoms with Gasteiger partial charge < -0.3 is 14.7 Å². The van der Waals surface area contributed by atoms with Gasteiger partial charge in [0.1, 0.15) is 0 Å². The minimum atomic E-state index is -1.03. The summed E-state index contributed by atoms with van der Waals surface area (Å²) in [7, 11) is 1.61. The first-order valence-corrected chi connectivity index (χ1v) is 6.80. The van der Waals surface area contributed by atoms with Crippen LogP contribution in [0.25, 0.3) is 0 Å². The standard InChI is InChI=1S/C15H19NO4/c1-16(13-7-3-2-6-12(13)15(18)19)14(17)9-8-11-5-4-10-20-11/h2-3,6-7,11H,4-5,8-10H2,1H3,(H,18,19). The Kier molecular flexibility index (Phi) is 4.74. The maximum absolute atomic E-state index is 12.2. The van der Waals surface area contributed by atoms with E-state index < -0.39 is 5.97 Å². The summed E-state index contributed by atoms with van der Waals surface area (Å²) in [4.78, 5) is 24.7. The molecule has 0 radical (unpaired) electrons. The highest BCUT2D eigenvalue weighted by Gasteiger charge is 2.21. The molecule has 1 heterocycles. The fourth-order valence-corrected chi connectivity index (χ4v) is 2.41. The van der Waals surface area contributed by atoms with Crippen molar-refractivity contribution in [1.82, 2.24) is 0 Å². The second kappa shape index (κ2) is 6.52. The number of benzene rings is 1. The Bertz CT molecular complexity index is 494. The molecular formula is C15H19NO4. The van der Waals surface area contributed by atoms with Crippen LogP contribution < -0.4 is 4.90 Å². The third-order valence-electron chi connectivity index (χ3n) is 3.57. The van der Waals surface area contributed by atoms with E-state index in [2.05, 4.69) is 0 Å². The molecule has 1 aliphatic heterocycles. The van der Waals surface area contributed by atoms with Crippen molar-refractivity contribution in [3.63, 3.8) is 0 Å². The van der Waals surface area contributed by atoms with Gasteiger partial charge in [0.2, 0.25) is 5.91 Å². The molecule has 0 aromatic heterocycles. The SMILES string of the molecule is CN(C(=O)CCC1CCCO1)c1ccccc1C(=O)O. The molecule has 5 nitrogen and oxygen atoms in total. The smallest absolute Gasteiger partial charge is 0.337 e. The molecule has 1 unspecified atom stereocenters. The molecule has 1 N–H and O–H groups in total. The van der Waals surface area contributed by atoms with Gasteiger partial charge in [-0.25, -0.2) is 4.79 Å². The van der Waals surface area contributed by atoms with Crippen LogP contribution >= 0.6 is 0 Å². The van der Waals surface area contributed by atoms with E-state index in [9.17, 15) is 9.59 Å². The van der Waals surface area contributed by atoms with Gasteiger partial charge in [-0.05, 0) is 31.4 Å². The number of hydrogen-bond donors (Lipinski definition) is 1. The average molecular weight is 277 g/mol. The van der Waals surface area contributed by atoms with Gasteiger partial charge in [0.15, 0.2) is 0 Å². The Hall–Kier alpha value is -1.88. The van der Waals surface area contributed by atoms with Gasteiger partial charge in [0.05, 0.1) is 17.4 Å². The van der Waals surface area contributed by atoms with E-state index in [0.717, 1.165) is 19.4 Å². The van der Waals surface area contributed by atoms with Gasteiger partial charge in [-0.1, -0.05) is 12.1 Å². The highest BCUT2D eigenvalue weighted by molar-refractivity contribution is 6.01. The third-order valence-corrected chi connectivity index (χ3v) is 3.57. The lowest BCUT2D eigenvalue weighted by Crippen LogP contribution is -2.28. The Morgan fingerprint density at radius 1 is 1.40 bits per heavy atom. The first-order valence-electron chi connectivity index (χ1n) is 6.80. The van der Waals surface area contributed by atoms with Crippen LogP contribution in [0, 0.1) is 0 Å². The van der Waals surface area contributed by atoms with Crippen LogP contribution in [0.2, 0.25) is 0 Å². The zero-order valence-electron chi connectivity index (χ0n) is 11.5. The van der Waals surface area contributed by atoms with Crippen LogP contribution in [0.4, 0.5) is 5.69 Å². The number of anilines is 1. The third kappa shape index (κ3) is 3.36. The van der Waals surface area contributed by atoms with Gasteiger partial charge in [-0.2, -0.15) is 0 Å². The first kappa shape index (κ1) is 14.5. The van der Waals surface area contributed by atoms with Crippen LogP contribution in [0.5, 0.6) is 0 Å². The molecule has 2 rings (SSSR count). The molecule has 1 atom stereocenters. The monoisotopic (exact) mass is 277 g/mol.